The predicted molar refractivity (Wildman–Crippen MR) is 58.7 cm³/mol. The van der Waals surface area contributed by atoms with Gasteiger partial charge >= 0.3 is 73.1 Å². The van der Waals surface area contributed by atoms with E-state index in [1.165, 1.54) is 12.8 Å². The fourth-order valence-corrected chi connectivity index (χ4v) is 1.34. The van der Waals surface area contributed by atoms with Crippen molar-refractivity contribution in [3.63, 3.8) is 0 Å². The van der Waals surface area contributed by atoms with Crippen LogP contribution in [0.3, 0.4) is 0 Å². The SMILES string of the molecule is C1CC2CC2CO1.F[B-](F)(F)F.F[B-](F)(F)F.F[B-](F)(F)F.[H-].[K+]. The normalized spacial score (nSPS) is 22.4. The Balaban J connectivity index is -0.000000110. The second kappa shape index (κ2) is 12.3. The van der Waals surface area contributed by atoms with Crippen molar-refractivity contribution in [1.29, 1.82) is 0 Å². The van der Waals surface area contributed by atoms with Crippen LogP contribution in [-0.4, -0.2) is 35.0 Å². The first-order valence-corrected chi connectivity index (χ1v) is 5.66. The van der Waals surface area contributed by atoms with Crippen molar-refractivity contribution < 1.29 is 109 Å². The smallest absolute Gasteiger partial charge is 1.00 e. The molecule has 0 amide bonds. The van der Waals surface area contributed by atoms with Crippen LogP contribution in [0.4, 0.5) is 51.8 Å². The van der Waals surface area contributed by atoms with Gasteiger partial charge in [0.2, 0.25) is 0 Å². The topological polar surface area (TPSA) is 9.23 Å². The van der Waals surface area contributed by atoms with E-state index in [1.807, 2.05) is 0 Å². The van der Waals surface area contributed by atoms with Gasteiger partial charge in [-0.25, -0.2) is 0 Å². The first-order chi connectivity index (χ1) is 9.47. The largest absolute Gasteiger partial charge is 1.00 e. The molecule has 1 heterocycles. The second-order valence-corrected chi connectivity index (χ2v) is 4.10. The standard InChI is InChI=1S/C6H10O.3BF4.K.H/c1-2-7-4-6-3-5(1)6;3*2-1(3,4)5;;/h5-6H,1-4H2;;;;;/q;3*-1;+1;-1. The summed E-state index contributed by atoms with van der Waals surface area (Å²) in [6.07, 6.45) is 2.80. The summed E-state index contributed by atoms with van der Waals surface area (Å²) in [6, 6.07) is 0. The first kappa shape index (κ1) is 28.7. The molecule has 0 aromatic carbocycles. The Bertz CT molecular complexity index is 243. The van der Waals surface area contributed by atoms with Crippen LogP contribution in [0, 0.1) is 11.8 Å². The molecule has 2 atom stereocenters. The molecule has 2 aliphatic rings. The van der Waals surface area contributed by atoms with E-state index in [2.05, 4.69) is 0 Å². The molecule has 0 spiro atoms. The van der Waals surface area contributed by atoms with Gasteiger partial charge in [0.25, 0.3) is 0 Å². The fraction of sp³-hybridized carbons (Fsp3) is 1.00. The zero-order valence-electron chi connectivity index (χ0n) is 12.7. The Labute approximate surface area is 168 Å². The Morgan fingerprint density at radius 2 is 0.957 bits per heavy atom. The van der Waals surface area contributed by atoms with E-state index in [4.69, 9.17) is 4.74 Å². The Kier molecular flexibility index (Phi) is 15.4. The van der Waals surface area contributed by atoms with Crippen molar-refractivity contribution in [2.24, 2.45) is 11.8 Å². The quantitative estimate of drug-likeness (QED) is 0.448. The monoisotopic (exact) mass is 399 g/mol. The zero-order chi connectivity index (χ0) is 18.2. The maximum atomic E-state index is 9.75. The maximum absolute atomic E-state index is 9.75. The van der Waals surface area contributed by atoms with Crippen molar-refractivity contribution in [2.75, 3.05) is 13.2 Å². The molecule has 2 unspecified atom stereocenters. The van der Waals surface area contributed by atoms with Gasteiger partial charge < -0.3 is 58.0 Å². The predicted octanol–water partition coefficient (Wildman–Crippen LogP) is 2.06. The van der Waals surface area contributed by atoms with E-state index < -0.39 is 21.8 Å². The minimum atomic E-state index is -6.00. The molecular weight excluding hydrogens is 388 g/mol. The van der Waals surface area contributed by atoms with E-state index in [0.29, 0.717) is 0 Å². The number of ether oxygens (including phenoxy) is 1. The van der Waals surface area contributed by atoms with Crippen molar-refractivity contribution in [3.05, 3.63) is 0 Å². The third-order valence-corrected chi connectivity index (χ3v) is 2.03. The van der Waals surface area contributed by atoms with Gasteiger partial charge in [0.05, 0.1) is 0 Å². The number of hydrogen-bond donors (Lipinski definition) is 0. The van der Waals surface area contributed by atoms with Gasteiger partial charge in [-0.1, -0.05) is 0 Å². The summed E-state index contributed by atoms with van der Waals surface area (Å²) in [5.74, 6) is 2.06. The van der Waals surface area contributed by atoms with Gasteiger partial charge in [0, 0.05) is 13.2 Å². The van der Waals surface area contributed by atoms with Crippen LogP contribution < -0.4 is 51.4 Å². The van der Waals surface area contributed by atoms with Gasteiger partial charge in [-0.05, 0) is 24.7 Å². The van der Waals surface area contributed by atoms with E-state index >= 15 is 0 Å². The summed E-state index contributed by atoms with van der Waals surface area (Å²) in [5, 5.41) is 0. The van der Waals surface area contributed by atoms with Gasteiger partial charge in [-0.2, -0.15) is 0 Å². The molecule has 1 aliphatic heterocycles. The molecule has 23 heavy (non-hydrogen) atoms. The average Bonchev–Trinajstić information content (AvgIpc) is 2.86. The molecule has 17 heteroatoms. The number of hydrogen-bond acceptors (Lipinski definition) is 1. The summed E-state index contributed by atoms with van der Waals surface area (Å²) >= 11 is 0. The van der Waals surface area contributed by atoms with Crippen molar-refractivity contribution in [3.8, 4) is 0 Å². The number of halogens is 12. The summed E-state index contributed by atoms with van der Waals surface area (Å²) < 4.78 is 122. The molecule has 1 aliphatic carbocycles. The molecule has 1 nitrogen and oxygen atoms in total. The maximum Gasteiger partial charge on any atom is 1.00 e. The van der Waals surface area contributed by atoms with Crippen LogP contribution in [0.5, 0.6) is 0 Å². The van der Waals surface area contributed by atoms with Crippen molar-refractivity contribution in [1.82, 2.24) is 0 Å². The second-order valence-electron chi connectivity index (χ2n) is 4.10. The van der Waals surface area contributed by atoms with Crippen LogP contribution in [0.2, 0.25) is 0 Å². The van der Waals surface area contributed by atoms with Gasteiger partial charge in [0.15, 0.2) is 0 Å². The Morgan fingerprint density at radius 1 is 0.652 bits per heavy atom. The summed E-state index contributed by atoms with van der Waals surface area (Å²) in [7, 11) is -18.0. The van der Waals surface area contributed by atoms with E-state index in [-0.39, 0.29) is 52.8 Å². The van der Waals surface area contributed by atoms with Crippen LogP contribution in [0.25, 0.3) is 0 Å². The molecule has 0 radical (unpaired) electrons. The number of rotatable bonds is 0. The van der Waals surface area contributed by atoms with E-state index in [1.54, 1.807) is 0 Å². The minimum Gasteiger partial charge on any atom is -1.00 e. The molecule has 0 aromatic heterocycles. The number of fused-ring (bicyclic) bond motifs is 1. The zero-order valence-corrected chi connectivity index (χ0v) is 14.8. The molecule has 2 fully saturated rings. The molecular formula is C6H11B3F12KO-3. The third-order valence-electron chi connectivity index (χ3n) is 2.03. The van der Waals surface area contributed by atoms with Crippen LogP contribution in [-0.2, 0) is 4.74 Å². The molecule has 0 bridgehead atoms. The molecule has 1 saturated heterocycles. The van der Waals surface area contributed by atoms with E-state index in [9.17, 15) is 51.8 Å². The van der Waals surface area contributed by atoms with Crippen molar-refractivity contribution >= 4 is 21.8 Å². The van der Waals surface area contributed by atoms with Crippen LogP contribution >= 0.6 is 0 Å². The van der Waals surface area contributed by atoms with Crippen LogP contribution in [0.15, 0.2) is 0 Å². The fourth-order valence-electron chi connectivity index (χ4n) is 1.34. The molecule has 1 saturated carbocycles. The molecule has 0 N–H and O–H groups in total. The molecule has 2 rings (SSSR count). The average molecular weight is 399 g/mol. The van der Waals surface area contributed by atoms with Gasteiger partial charge in [-0.3, -0.25) is 0 Å². The minimum absolute atomic E-state index is 0. The summed E-state index contributed by atoms with van der Waals surface area (Å²) in [4.78, 5) is 0. The summed E-state index contributed by atoms with van der Waals surface area (Å²) in [5.41, 5.74) is 0. The molecule has 0 aromatic rings. The van der Waals surface area contributed by atoms with Crippen molar-refractivity contribution in [2.45, 2.75) is 12.8 Å². The summed E-state index contributed by atoms with van der Waals surface area (Å²) in [6.45, 7) is 2.09. The van der Waals surface area contributed by atoms with Gasteiger partial charge in [0.1, 0.15) is 0 Å². The Morgan fingerprint density at radius 3 is 1.13 bits per heavy atom. The van der Waals surface area contributed by atoms with Crippen LogP contribution in [0.1, 0.15) is 14.3 Å². The van der Waals surface area contributed by atoms with E-state index in [0.717, 1.165) is 25.0 Å². The van der Waals surface area contributed by atoms with Gasteiger partial charge in [-0.15, -0.1) is 0 Å². The Hall–Kier alpha value is 0.951. The third kappa shape index (κ3) is 51.8. The first-order valence-electron chi connectivity index (χ1n) is 5.66. The molecule has 138 valence electrons.